The van der Waals surface area contributed by atoms with Gasteiger partial charge in [-0.05, 0) is 12.1 Å². The van der Waals surface area contributed by atoms with Crippen LogP contribution >= 0.6 is 11.6 Å². The Bertz CT molecular complexity index is 409. The lowest BCUT2D eigenvalue weighted by molar-refractivity contribution is -0.119. The molecule has 0 bridgehead atoms. The molecule has 1 amide bonds. The number of nitrogens with two attached hydrogens (primary N) is 1. The van der Waals surface area contributed by atoms with Crippen molar-refractivity contribution >= 4 is 17.5 Å². The smallest absolute Gasteiger partial charge is 0.226 e. The fraction of sp³-hybridized carbons (Fsp3) is 0.417. The van der Waals surface area contributed by atoms with Crippen LogP contribution in [0.3, 0.4) is 0 Å². The third-order valence-corrected chi connectivity index (χ3v) is 2.65. The van der Waals surface area contributed by atoms with E-state index in [0.717, 1.165) is 0 Å². The van der Waals surface area contributed by atoms with Gasteiger partial charge in [-0.1, -0.05) is 31.5 Å². The average molecular weight is 259 g/mol. The van der Waals surface area contributed by atoms with Crippen LogP contribution in [0.2, 0.25) is 5.02 Å². The minimum Gasteiger partial charge on any atom is -0.369 e. The van der Waals surface area contributed by atoms with E-state index in [-0.39, 0.29) is 11.6 Å². The van der Waals surface area contributed by atoms with Gasteiger partial charge in [0.1, 0.15) is 5.82 Å². The van der Waals surface area contributed by atoms with E-state index in [2.05, 4.69) is 5.32 Å². The minimum atomic E-state index is -0.685. The summed E-state index contributed by atoms with van der Waals surface area (Å²) in [6, 6.07) is 4.43. The normalized spacial score (nSPS) is 12.8. The Morgan fingerprint density at radius 1 is 1.53 bits per heavy atom. The number of primary amides is 1. The Morgan fingerprint density at radius 2 is 2.18 bits per heavy atom. The molecule has 0 unspecified atom stereocenters. The van der Waals surface area contributed by atoms with Gasteiger partial charge in [0, 0.05) is 23.2 Å². The molecule has 0 spiro atoms. The summed E-state index contributed by atoms with van der Waals surface area (Å²) in [7, 11) is 0. The molecule has 1 aromatic rings. The van der Waals surface area contributed by atoms with E-state index in [4.69, 9.17) is 17.3 Å². The van der Waals surface area contributed by atoms with Crippen LogP contribution in [0.5, 0.6) is 0 Å². The molecule has 5 heteroatoms. The summed E-state index contributed by atoms with van der Waals surface area (Å²) in [5.74, 6) is -1.75. The number of benzene rings is 1. The maximum absolute atomic E-state index is 13.7. The first-order valence-electron chi connectivity index (χ1n) is 5.39. The standard InChI is InChI=1S/C12H16ClFN2O/c1-7(2)16-6-10(12(15)17)9-4-3-8(13)5-11(9)14/h3-5,7,10,16H,6H2,1-2H3,(H2,15,17)/t10-/m0/s1. The number of carbonyl (C=O) groups excluding carboxylic acids is 1. The van der Waals surface area contributed by atoms with Crippen LogP contribution in [0.15, 0.2) is 18.2 Å². The van der Waals surface area contributed by atoms with Crippen LogP contribution in [-0.2, 0) is 4.79 Å². The zero-order valence-corrected chi connectivity index (χ0v) is 10.6. The number of amides is 1. The lowest BCUT2D eigenvalue weighted by atomic mass is 9.97. The third-order valence-electron chi connectivity index (χ3n) is 2.41. The van der Waals surface area contributed by atoms with Crippen molar-refractivity contribution in [2.45, 2.75) is 25.8 Å². The first kappa shape index (κ1) is 13.9. The lowest BCUT2D eigenvalue weighted by Gasteiger charge is -2.17. The van der Waals surface area contributed by atoms with E-state index in [9.17, 15) is 9.18 Å². The van der Waals surface area contributed by atoms with Crippen molar-refractivity contribution in [1.29, 1.82) is 0 Å². The molecular formula is C12H16ClFN2O. The van der Waals surface area contributed by atoms with Gasteiger partial charge in [0.2, 0.25) is 5.91 Å². The maximum atomic E-state index is 13.7. The molecule has 94 valence electrons. The Kier molecular flexibility index (Phi) is 4.90. The molecule has 0 heterocycles. The van der Waals surface area contributed by atoms with Crippen molar-refractivity contribution < 1.29 is 9.18 Å². The van der Waals surface area contributed by atoms with E-state index in [1.54, 1.807) is 6.07 Å². The fourth-order valence-electron chi connectivity index (χ4n) is 1.50. The number of hydrogen-bond donors (Lipinski definition) is 2. The van der Waals surface area contributed by atoms with Crippen LogP contribution in [0, 0.1) is 5.82 Å². The van der Waals surface area contributed by atoms with E-state index in [1.165, 1.54) is 12.1 Å². The Labute approximate surface area is 105 Å². The zero-order chi connectivity index (χ0) is 13.0. The largest absolute Gasteiger partial charge is 0.369 e. The number of halogens is 2. The van der Waals surface area contributed by atoms with Gasteiger partial charge in [-0.25, -0.2) is 4.39 Å². The summed E-state index contributed by atoms with van der Waals surface area (Å²) < 4.78 is 13.7. The van der Waals surface area contributed by atoms with Gasteiger partial charge in [-0.15, -0.1) is 0 Å². The van der Waals surface area contributed by atoms with Crippen molar-refractivity contribution in [1.82, 2.24) is 5.32 Å². The summed E-state index contributed by atoms with van der Waals surface area (Å²) in [5.41, 5.74) is 5.56. The van der Waals surface area contributed by atoms with Gasteiger partial charge in [-0.2, -0.15) is 0 Å². The fourth-order valence-corrected chi connectivity index (χ4v) is 1.66. The summed E-state index contributed by atoms with van der Waals surface area (Å²) >= 11 is 5.66. The Balaban J connectivity index is 2.93. The molecule has 3 nitrogen and oxygen atoms in total. The van der Waals surface area contributed by atoms with Gasteiger partial charge in [0.25, 0.3) is 0 Å². The van der Waals surface area contributed by atoms with E-state index < -0.39 is 17.6 Å². The number of carbonyl (C=O) groups is 1. The van der Waals surface area contributed by atoms with Gasteiger partial charge < -0.3 is 11.1 Å². The maximum Gasteiger partial charge on any atom is 0.226 e. The van der Waals surface area contributed by atoms with Gasteiger partial charge in [0.15, 0.2) is 0 Å². The topological polar surface area (TPSA) is 55.1 Å². The summed E-state index contributed by atoms with van der Waals surface area (Å²) in [6.07, 6.45) is 0. The molecule has 0 saturated carbocycles. The number of hydrogen-bond acceptors (Lipinski definition) is 2. The molecule has 0 aromatic heterocycles. The molecule has 1 aromatic carbocycles. The number of rotatable bonds is 5. The minimum absolute atomic E-state index is 0.201. The summed E-state index contributed by atoms with van der Waals surface area (Å²) in [4.78, 5) is 11.3. The monoisotopic (exact) mass is 258 g/mol. The van der Waals surface area contributed by atoms with E-state index in [0.29, 0.717) is 11.6 Å². The van der Waals surface area contributed by atoms with E-state index in [1.807, 2.05) is 13.8 Å². The Hall–Kier alpha value is -1.13. The highest BCUT2D eigenvalue weighted by Crippen LogP contribution is 2.22. The van der Waals surface area contributed by atoms with Gasteiger partial charge >= 0.3 is 0 Å². The molecule has 0 aliphatic rings. The molecule has 0 aliphatic carbocycles. The van der Waals surface area contributed by atoms with Crippen molar-refractivity contribution in [2.75, 3.05) is 6.54 Å². The molecule has 3 N–H and O–H groups in total. The second-order valence-corrected chi connectivity index (χ2v) is 4.62. The second kappa shape index (κ2) is 5.98. The first-order chi connectivity index (χ1) is 7.91. The van der Waals surface area contributed by atoms with Crippen molar-refractivity contribution in [3.8, 4) is 0 Å². The summed E-state index contributed by atoms with van der Waals surface area (Å²) in [6.45, 7) is 4.19. The highest BCUT2D eigenvalue weighted by Gasteiger charge is 2.21. The van der Waals surface area contributed by atoms with Crippen LogP contribution in [0.4, 0.5) is 4.39 Å². The van der Waals surface area contributed by atoms with Crippen molar-refractivity contribution in [3.63, 3.8) is 0 Å². The molecule has 0 aliphatic heterocycles. The summed E-state index contributed by atoms with van der Waals surface area (Å²) in [5, 5.41) is 3.36. The van der Waals surface area contributed by atoms with Gasteiger partial charge in [0.05, 0.1) is 5.92 Å². The molecule has 0 fully saturated rings. The van der Waals surface area contributed by atoms with Crippen LogP contribution in [0.1, 0.15) is 25.3 Å². The molecule has 1 atom stereocenters. The SMILES string of the molecule is CC(C)NC[C@H](C(N)=O)c1ccc(Cl)cc1F. The van der Waals surface area contributed by atoms with Crippen molar-refractivity contribution in [3.05, 3.63) is 34.6 Å². The zero-order valence-electron chi connectivity index (χ0n) is 9.84. The first-order valence-corrected chi connectivity index (χ1v) is 5.77. The third kappa shape index (κ3) is 3.98. The Morgan fingerprint density at radius 3 is 2.65 bits per heavy atom. The van der Waals surface area contributed by atoms with Gasteiger partial charge in [-0.3, -0.25) is 4.79 Å². The van der Waals surface area contributed by atoms with Crippen LogP contribution < -0.4 is 11.1 Å². The molecule has 1 rings (SSSR count). The lowest BCUT2D eigenvalue weighted by Crippen LogP contribution is -2.35. The predicted molar refractivity (Wildman–Crippen MR) is 66.5 cm³/mol. The average Bonchev–Trinajstić information content (AvgIpc) is 2.20. The molecule has 0 saturated heterocycles. The quantitative estimate of drug-likeness (QED) is 0.849. The molecular weight excluding hydrogens is 243 g/mol. The second-order valence-electron chi connectivity index (χ2n) is 4.18. The van der Waals surface area contributed by atoms with E-state index >= 15 is 0 Å². The van der Waals surface area contributed by atoms with Crippen molar-refractivity contribution in [2.24, 2.45) is 5.73 Å². The highest BCUT2D eigenvalue weighted by atomic mass is 35.5. The predicted octanol–water partition coefficient (Wildman–Crippen LogP) is 2.05. The highest BCUT2D eigenvalue weighted by molar-refractivity contribution is 6.30. The molecule has 17 heavy (non-hydrogen) atoms. The van der Waals surface area contributed by atoms with Crippen LogP contribution in [0.25, 0.3) is 0 Å². The number of nitrogens with one attached hydrogen (secondary N) is 1. The molecule has 0 radical (unpaired) electrons. The van der Waals surface area contributed by atoms with Crippen LogP contribution in [-0.4, -0.2) is 18.5 Å².